The molecule has 0 unspecified atom stereocenters. The van der Waals surface area contributed by atoms with Crippen LogP contribution in [0.2, 0.25) is 0 Å². The zero-order valence-corrected chi connectivity index (χ0v) is 15.4. The van der Waals surface area contributed by atoms with Crippen LogP contribution in [0.3, 0.4) is 0 Å². The molecule has 0 radical (unpaired) electrons. The predicted octanol–water partition coefficient (Wildman–Crippen LogP) is 4.57. The molecular formula is C21H16N2O3S. The van der Waals surface area contributed by atoms with Crippen LogP contribution in [0.4, 0.5) is 0 Å². The van der Waals surface area contributed by atoms with Crippen LogP contribution >= 0.6 is 11.3 Å². The molecule has 0 bridgehead atoms. The minimum atomic E-state index is -0.216. The first-order chi connectivity index (χ1) is 13.3. The lowest BCUT2D eigenvalue weighted by Gasteiger charge is -2.09. The van der Waals surface area contributed by atoms with E-state index in [1.807, 2.05) is 12.1 Å². The Hall–Kier alpha value is -2.73. The second-order valence-electron chi connectivity index (χ2n) is 7.18. The van der Waals surface area contributed by atoms with Crippen LogP contribution in [0.5, 0.6) is 11.6 Å². The van der Waals surface area contributed by atoms with Crippen LogP contribution in [-0.4, -0.2) is 9.97 Å². The average molecular weight is 376 g/mol. The van der Waals surface area contributed by atoms with Crippen molar-refractivity contribution >= 4 is 32.5 Å². The fraction of sp³-hybridized carbons (Fsp3) is 0.286. The van der Waals surface area contributed by atoms with E-state index in [-0.39, 0.29) is 5.63 Å². The van der Waals surface area contributed by atoms with Crippen molar-refractivity contribution in [3.05, 3.63) is 56.5 Å². The van der Waals surface area contributed by atoms with Gasteiger partial charge >= 0.3 is 5.63 Å². The number of fused-ring (bicyclic) bond motifs is 6. The van der Waals surface area contributed by atoms with Gasteiger partial charge in [-0.25, -0.2) is 14.8 Å². The van der Waals surface area contributed by atoms with E-state index in [1.165, 1.54) is 16.9 Å². The number of ether oxygens (including phenoxy) is 1. The van der Waals surface area contributed by atoms with Gasteiger partial charge < -0.3 is 9.15 Å². The van der Waals surface area contributed by atoms with Crippen molar-refractivity contribution in [2.75, 3.05) is 0 Å². The molecular weight excluding hydrogens is 360 g/mol. The van der Waals surface area contributed by atoms with Crippen molar-refractivity contribution < 1.29 is 9.15 Å². The molecule has 2 aliphatic carbocycles. The standard InChI is InChI=1S/C21H16N2O3S/c24-21-14-4-1-3-12(14)13-8-7-11(9-16(13)26-21)25-19-18-15-5-2-6-17(15)27-20(18)23-10-22-19/h7-10H,1-6H2. The molecule has 5 nitrogen and oxygen atoms in total. The summed E-state index contributed by atoms with van der Waals surface area (Å²) in [6.45, 7) is 0. The van der Waals surface area contributed by atoms with Crippen LogP contribution < -0.4 is 10.4 Å². The molecule has 0 aliphatic heterocycles. The third kappa shape index (κ3) is 2.26. The molecule has 1 aromatic carbocycles. The molecule has 0 atom stereocenters. The fourth-order valence-corrected chi connectivity index (χ4v) is 5.64. The largest absolute Gasteiger partial charge is 0.438 e. The lowest BCUT2D eigenvalue weighted by Crippen LogP contribution is -2.06. The number of hydrogen-bond acceptors (Lipinski definition) is 6. The number of aromatic nitrogens is 2. The van der Waals surface area contributed by atoms with Crippen molar-refractivity contribution in [1.29, 1.82) is 0 Å². The summed E-state index contributed by atoms with van der Waals surface area (Å²) in [6.07, 6.45) is 7.66. The SMILES string of the molecule is O=c1oc2cc(Oc3ncnc4sc5c(c34)CCC5)ccc2c2c1CCC2. The summed E-state index contributed by atoms with van der Waals surface area (Å²) in [5.74, 6) is 1.21. The topological polar surface area (TPSA) is 65.2 Å². The smallest absolute Gasteiger partial charge is 0.339 e. The molecule has 134 valence electrons. The van der Waals surface area contributed by atoms with Gasteiger partial charge in [0.25, 0.3) is 0 Å². The Kier molecular flexibility index (Phi) is 3.20. The quantitative estimate of drug-likeness (QED) is 0.480. The average Bonchev–Trinajstić information content (AvgIpc) is 3.37. The number of hydrogen-bond donors (Lipinski definition) is 0. The zero-order chi connectivity index (χ0) is 18.0. The van der Waals surface area contributed by atoms with Gasteiger partial charge in [0, 0.05) is 21.9 Å². The van der Waals surface area contributed by atoms with E-state index in [9.17, 15) is 4.79 Å². The highest BCUT2D eigenvalue weighted by molar-refractivity contribution is 7.18. The van der Waals surface area contributed by atoms with Crippen molar-refractivity contribution in [3.63, 3.8) is 0 Å². The molecule has 0 saturated heterocycles. The van der Waals surface area contributed by atoms with E-state index in [0.717, 1.165) is 58.8 Å². The molecule has 3 heterocycles. The molecule has 2 aliphatic rings. The number of aryl methyl sites for hydroxylation is 3. The third-order valence-corrected chi connectivity index (χ3v) is 6.83. The maximum Gasteiger partial charge on any atom is 0.339 e. The Balaban J connectivity index is 1.47. The maximum atomic E-state index is 12.2. The normalized spacial score (nSPS) is 15.4. The van der Waals surface area contributed by atoms with E-state index in [0.29, 0.717) is 17.2 Å². The van der Waals surface area contributed by atoms with E-state index >= 15 is 0 Å². The fourth-order valence-electron chi connectivity index (χ4n) is 4.42. The predicted molar refractivity (Wildman–Crippen MR) is 104 cm³/mol. The molecule has 6 rings (SSSR count). The van der Waals surface area contributed by atoms with Gasteiger partial charge in [0.15, 0.2) is 0 Å². The van der Waals surface area contributed by atoms with Crippen molar-refractivity contribution in [1.82, 2.24) is 9.97 Å². The summed E-state index contributed by atoms with van der Waals surface area (Å²) < 4.78 is 11.7. The first-order valence-corrected chi connectivity index (χ1v) is 10.1. The highest BCUT2D eigenvalue weighted by atomic mass is 32.1. The Bertz CT molecular complexity index is 1290. The molecule has 3 aromatic heterocycles. The molecule has 6 heteroatoms. The van der Waals surface area contributed by atoms with E-state index < -0.39 is 0 Å². The summed E-state index contributed by atoms with van der Waals surface area (Å²) in [4.78, 5) is 23.4. The second kappa shape index (κ2) is 5.63. The number of nitrogens with zero attached hydrogens (tertiary/aromatic N) is 2. The zero-order valence-electron chi connectivity index (χ0n) is 14.6. The van der Waals surface area contributed by atoms with E-state index in [4.69, 9.17) is 9.15 Å². The Labute approximate surface area is 158 Å². The van der Waals surface area contributed by atoms with Crippen molar-refractivity contribution in [3.8, 4) is 11.6 Å². The van der Waals surface area contributed by atoms with Crippen LogP contribution in [-0.2, 0) is 25.7 Å². The monoisotopic (exact) mass is 376 g/mol. The van der Waals surface area contributed by atoms with Gasteiger partial charge in [0.2, 0.25) is 5.88 Å². The second-order valence-corrected chi connectivity index (χ2v) is 8.26. The first kappa shape index (κ1) is 15.3. The van der Waals surface area contributed by atoms with Crippen LogP contribution in [0.1, 0.15) is 34.4 Å². The van der Waals surface area contributed by atoms with Crippen molar-refractivity contribution in [2.45, 2.75) is 38.5 Å². The van der Waals surface area contributed by atoms with Crippen LogP contribution in [0.15, 0.2) is 33.7 Å². The third-order valence-electron chi connectivity index (χ3n) is 5.63. The molecule has 0 fully saturated rings. The van der Waals surface area contributed by atoms with Crippen LogP contribution in [0, 0.1) is 0 Å². The van der Waals surface area contributed by atoms with E-state index in [1.54, 1.807) is 23.7 Å². The molecule has 0 spiro atoms. The van der Waals surface area contributed by atoms with Gasteiger partial charge in [-0.1, -0.05) is 0 Å². The number of rotatable bonds is 2. The Morgan fingerprint density at radius 2 is 1.85 bits per heavy atom. The van der Waals surface area contributed by atoms with E-state index in [2.05, 4.69) is 9.97 Å². The van der Waals surface area contributed by atoms with Gasteiger partial charge in [0.1, 0.15) is 22.5 Å². The summed E-state index contributed by atoms with van der Waals surface area (Å²) in [7, 11) is 0. The van der Waals surface area contributed by atoms with Gasteiger partial charge in [-0.2, -0.15) is 0 Å². The molecule has 0 saturated carbocycles. The summed E-state index contributed by atoms with van der Waals surface area (Å²) in [6, 6.07) is 5.73. The van der Waals surface area contributed by atoms with Gasteiger partial charge in [-0.05, 0) is 61.8 Å². The minimum absolute atomic E-state index is 0.216. The Morgan fingerprint density at radius 3 is 2.81 bits per heavy atom. The lowest BCUT2D eigenvalue weighted by atomic mass is 10.1. The summed E-state index contributed by atoms with van der Waals surface area (Å²) >= 11 is 1.74. The Morgan fingerprint density at radius 1 is 1.00 bits per heavy atom. The molecule has 0 N–H and O–H groups in total. The summed E-state index contributed by atoms with van der Waals surface area (Å²) in [5, 5.41) is 2.05. The highest BCUT2D eigenvalue weighted by Gasteiger charge is 2.23. The van der Waals surface area contributed by atoms with Crippen LogP contribution in [0.25, 0.3) is 21.2 Å². The minimum Gasteiger partial charge on any atom is -0.438 e. The number of thiophene rings is 1. The lowest BCUT2D eigenvalue weighted by molar-refractivity contribution is 0.466. The summed E-state index contributed by atoms with van der Waals surface area (Å²) in [5.41, 5.74) is 3.66. The number of benzene rings is 1. The molecule has 0 amide bonds. The van der Waals surface area contributed by atoms with Crippen molar-refractivity contribution in [2.24, 2.45) is 0 Å². The highest BCUT2D eigenvalue weighted by Crippen LogP contribution is 2.41. The maximum absolute atomic E-state index is 12.2. The molecule has 4 aromatic rings. The van der Waals surface area contributed by atoms with Gasteiger partial charge in [-0.15, -0.1) is 11.3 Å². The molecule has 27 heavy (non-hydrogen) atoms. The van der Waals surface area contributed by atoms with Gasteiger partial charge in [-0.3, -0.25) is 0 Å². The van der Waals surface area contributed by atoms with Gasteiger partial charge in [0.05, 0.1) is 5.39 Å². The first-order valence-electron chi connectivity index (χ1n) is 9.29.